The fraction of sp³-hybridized carbons (Fsp3) is 0.167. The molecule has 1 aromatic rings. The fourth-order valence-electron chi connectivity index (χ4n) is 0.497. The smallest absolute Gasteiger partial charge is 0.138 e. The van der Waals surface area contributed by atoms with Crippen LogP contribution in [-0.4, -0.2) is 10.1 Å². The molecule has 0 aromatic carbocycles. The van der Waals surface area contributed by atoms with E-state index >= 15 is 0 Å². The number of hydrogen-bond donors (Lipinski definition) is 1. The summed E-state index contributed by atoms with van der Waals surface area (Å²) < 4.78 is 0. The summed E-state index contributed by atoms with van der Waals surface area (Å²) in [5, 5.41) is 9.41. The van der Waals surface area contributed by atoms with Crippen molar-refractivity contribution in [3.8, 4) is 5.75 Å². The van der Waals surface area contributed by atoms with E-state index in [0.29, 0.717) is 10.7 Å². The van der Waals surface area contributed by atoms with Crippen LogP contribution < -0.4 is 0 Å². The van der Waals surface area contributed by atoms with Crippen LogP contribution in [0.1, 0.15) is 5.69 Å². The molecule has 0 bridgehead atoms. The molecule has 2 nitrogen and oxygen atoms in total. The molecule has 0 fully saturated rings. The Balaban J connectivity index is 3.17. The van der Waals surface area contributed by atoms with Crippen molar-refractivity contribution in [2.75, 3.05) is 0 Å². The number of halogens is 1. The first kappa shape index (κ1) is 6.36. The van der Waals surface area contributed by atoms with Crippen molar-refractivity contribution in [3.63, 3.8) is 0 Å². The Morgan fingerprint density at radius 3 is 2.78 bits per heavy atom. The average molecular weight is 144 g/mol. The molecule has 0 amide bonds. The number of aromatic hydroxyl groups is 1. The quantitative estimate of drug-likeness (QED) is 0.600. The van der Waals surface area contributed by atoms with Gasteiger partial charge in [0.25, 0.3) is 0 Å². The van der Waals surface area contributed by atoms with E-state index in [1.165, 1.54) is 12.3 Å². The van der Waals surface area contributed by atoms with Gasteiger partial charge in [-0.1, -0.05) is 11.6 Å². The van der Waals surface area contributed by atoms with Gasteiger partial charge >= 0.3 is 0 Å². The summed E-state index contributed by atoms with van der Waals surface area (Å²) in [5.41, 5.74) is 0.597. The normalized spacial score (nSPS) is 9.56. The van der Waals surface area contributed by atoms with Crippen LogP contribution in [0, 0.1) is 6.92 Å². The summed E-state index contributed by atoms with van der Waals surface area (Å²) >= 11 is 5.49. The van der Waals surface area contributed by atoms with Crippen molar-refractivity contribution in [1.29, 1.82) is 0 Å². The summed E-state index contributed by atoms with van der Waals surface area (Å²) in [7, 11) is 0. The van der Waals surface area contributed by atoms with Crippen LogP contribution in [0.15, 0.2) is 12.3 Å². The molecular weight excluding hydrogens is 138 g/mol. The van der Waals surface area contributed by atoms with Crippen molar-refractivity contribution in [2.24, 2.45) is 0 Å². The lowest BCUT2D eigenvalue weighted by atomic mass is 10.3. The molecule has 1 N–H and O–H groups in total. The second-order valence-corrected chi connectivity index (χ2v) is 2.19. The van der Waals surface area contributed by atoms with Crippen LogP contribution in [0.25, 0.3) is 0 Å². The minimum atomic E-state index is 0.141. The first-order valence-corrected chi connectivity index (χ1v) is 2.89. The van der Waals surface area contributed by atoms with Crippen LogP contribution >= 0.6 is 11.6 Å². The molecule has 1 aromatic heterocycles. The minimum Gasteiger partial charge on any atom is -0.506 e. The number of aromatic nitrogens is 1. The van der Waals surface area contributed by atoms with Crippen LogP contribution in [0.4, 0.5) is 0 Å². The summed E-state index contributed by atoms with van der Waals surface area (Å²) in [5.74, 6) is 0.141. The van der Waals surface area contributed by atoms with Gasteiger partial charge in [-0.3, -0.25) is 4.98 Å². The molecule has 0 saturated carbocycles. The molecule has 0 saturated heterocycles. The average Bonchev–Trinajstić information content (AvgIpc) is 1.80. The van der Waals surface area contributed by atoms with Gasteiger partial charge in [0.15, 0.2) is 0 Å². The van der Waals surface area contributed by atoms with Crippen molar-refractivity contribution in [1.82, 2.24) is 4.98 Å². The van der Waals surface area contributed by atoms with E-state index in [-0.39, 0.29) is 5.75 Å². The molecule has 0 radical (unpaired) electrons. The molecule has 9 heavy (non-hydrogen) atoms. The predicted molar refractivity (Wildman–Crippen MR) is 35.6 cm³/mol. The highest BCUT2D eigenvalue weighted by molar-refractivity contribution is 6.30. The first-order valence-electron chi connectivity index (χ1n) is 2.51. The van der Waals surface area contributed by atoms with Crippen molar-refractivity contribution >= 4 is 11.6 Å². The zero-order valence-electron chi connectivity index (χ0n) is 4.93. The molecule has 0 aliphatic rings. The fourth-order valence-corrected chi connectivity index (χ4v) is 0.649. The van der Waals surface area contributed by atoms with Crippen LogP contribution in [0.2, 0.25) is 5.02 Å². The van der Waals surface area contributed by atoms with E-state index in [0.717, 1.165) is 0 Å². The number of hydrogen-bond acceptors (Lipinski definition) is 2. The molecule has 3 heteroatoms. The molecule has 1 rings (SSSR count). The van der Waals surface area contributed by atoms with E-state index in [2.05, 4.69) is 4.98 Å². The zero-order valence-corrected chi connectivity index (χ0v) is 5.68. The number of aryl methyl sites for hydroxylation is 1. The van der Waals surface area contributed by atoms with Gasteiger partial charge in [-0.25, -0.2) is 0 Å². The first-order chi connectivity index (χ1) is 4.20. The molecular formula is C6H6ClNO. The molecule has 0 aliphatic carbocycles. The van der Waals surface area contributed by atoms with Gasteiger partial charge in [0, 0.05) is 12.3 Å². The highest BCUT2D eigenvalue weighted by atomic mass is 35.5. The second kappa shape index (κ2) is 2.23. The molecule has 1 heterocycles. The van der Waals surface area contributed by atoms with E-state index in [4.69, 9.17) is 16.7 Å². The second-order valence-electron chi connectivity index (χ2n) is 1.76. The molecule has 0 aliphatic heterocycles. The predicted octanol–water partition coefficient (Wildman–Crippen LogP) is 1.75. The summed E-state index contributed by atoms with van der Waals surface area (Å²) in [6.07, 6.45) is 1.50. The lowest BCUT2D eigenvalue weighted by Gasteiger charge is -1.94. The maximum absolute atomic E-state index is 8.95. The van der Waals surface area contributed by atoms with Crippen LogP contribution in [0.5, 0.6) is 5.75 Å². The Labute approximate surface area is 58.1 Å². The van der Waals surface area contributed by atoms with E-state index in [9.17, 15) is 0 Å². The molecule has 0 spiro atoms. The van der Waals surface area contributed by atoms with Gasteiger partial charge in [0.1, 0.15) is 5.75 Å². The Kier molecular flexibility index (Phi) is 1.58. The van der Waals surface area contributed by atoms with Crippen LogP contribution in [-0.2, 0) is 0 Å². The van der Waals surface area contributed by atoms with Gasteiger partial charge in [-0.2, -0.15) is 0 Å². The largest absolute Gasteiger partial charge is 0.506 e. The summed E-state index contributed by atoms with van der Waals surface area (Å²) in [6, 6.07) is 1.46. The number of pyridine rings is 1. The van der Waals surface area contributed by atoms with Gasteiger partial charge < -0.3 is 5.11 Å². The standard InChI is InChI=1S/C6H6ClNO/c1-4-6(9)2-5(7)3-8-4/h2-3,9H,1H3. The Hall–Kier alpha value is -0.760. The maximum atomic E-state index is 8.95. The van der Waals surface area contributed by atoms with Crippen molar-refractivity contribution in [2.45, 2.75) is 6.92 Å². The monoisotopic (exact) mass is 143 g/mol. The SMILES string of the molecule is Cc1ncc(Cl)cc1O. The lowest BCUT2D eigenvalue weighted by molar-refractivity contribution is 0.467. The van der Waals surface area contributed by atoms with E-state index in [1.807, 2.05) is 0 Å². The molecule has 0 unspecified atom stereocenters. The zero-order chi connectivity index (χ0) is 6.85. The Morgan fingerprint density at radius 2 is 2.33 bits per heavy atom. The molecule has 48 valence electrons. The topological polar surface area (TPSA) is 33.1 Å². The van der Waals surface area contributed by atoms with Crippen molar-refractivity contribution < 1.29 is 5.11 Å². The maximum Gasteiger partial charge on any atom is 0.138 e. The molecule has 0 atom stereocenters. The van der Waals surface area contributed by atoms with E-state index < -0.39 is 0 Å². The lowest BCUT2D eigenvalue weighted by Crippen LogP contribution is -1.78. The Morgan fingerprint density at radius 1 is 1.67 bits per heavy atom. The van der Waals surface area contributed by atoms with E-state index in [1.54, 1.807) is 6.92 Å². The third kappa shape index (κ3) is 1.33. The highest BCUT2D eigenvalue weighted by Crippen LogP contribution is 2.17. The highest BCUT2D eigenvalue weighted by Gasteiger charge is 1.94. The summed E-state index contributed by atoms with van der Waals surface area (Å²) in [4.78, 5) is 3.80. The van der Waals surface area contributed by atoms with Gasteiger partial charge in [0.2, 0.25) is 0 Å². The number of nitrogens with zero attached hydrogens (tertiary/aromatic N) is 1. The third-order valence-corrected chi connectivity index (χ3v) is 1.23. The Bertz CT molecular complexity index is 224. The van der Waals surface area contributed by atoms with Gasteiger partial charge in [-0.15, -0.1) is 0 Å². The van der Waals surface area contributed by atoms with Gasteiger partial charge in [0.05, 0.1) is 10.7 Å². The van der Waals surface area contributed by atoms with Gasteiger partial charge in [-0.05, 0) is 6.92 Å². The van der Waals surface area contributed by atoms with Crippen LogP contribution in [0.3, 0.4) is 0 Å². The minimum absolute atomic E-state index is 0.141. The third-order valence-electron chi connectivity index (χ3n) is 1.03. The van der Waals surface area contributed by atoms with Crippen molar-refractivity contribution in [3.05, 3.63) is 23.0 Å². The summed E-state index contributed by atoms with van der Waals surface area (Å²) in [6.45, 7) is 1.71. The number of rotatable bonds is 0.